The van der Waals surface area contributed by atoms with Crippen LogP contribution in [0.2, 0.25) is 0 Å². The highest BCUT2D eigenvalue weighted by Crippen LogP contribution is 2.16. The minimum atomic E-state index is -4.15. The van der Waals surface area contributed by atoms with Crippen molar-refractivity contribution in [3.05, 3.63) is 17.9 Å². The molecule has 104 valence electrons. The molecule has 9 heteroatoms. The number of hydrogen-bond acceptors (Lipinski definition) is 7. The molecule has 0 spiro atoms. The maximum Gasteiger partial charge on any atom is 0.274 e. The molecule has 0 bridgehead atoms. The van der Waals surface area contributed by atoms with Crippen molar-refractivity contribution in [1.29, 1.82) is 0 Å². The molecule has 5 N–H and O–H groups in total. The Morgan fingerprint density at radius 2 is 1.67 bits per heavy atom. The van der Waals surface area contributed by atoms with E-state index in [2.05, 4.69) is 0 Å². The van der Waals surface area contributed by atoms with Crippen LogP contribution in [0.5, 0.6) is 0 Å². The highest BCUT2D eigenvalue weighted by atomic mass is 32.2. The summed E-state index contributed by atoms with van der Waals surface area (Å²) in [6.45, 7) is -2.81. The maximum atomic E-state index is 11.8. The third kappa shape index (κ3) is 3.07. The number of hydrogen-bond donors (Lipinski definition) is 5. The van der Waals surface area contributed by atoms with Gasteiger partial charge in [-0.15, -0.1) is 0 Å². The summed E-state index contributed by atoms with van der Waals surface area (Å²) in [6, 6.07) is 2.39. The fraction of sp³-hybridized carbons (Fsp3) is 0.556. The molecule has 0 saturated heterocycles. The molecule has 0 saturated carbocycles. The highest BCUT2D eigenvalue weighted by molar-refractivity contribution is 7.89. The summed E-state index contributed by atoms with van der Waals surface area (Å²) in [5, 5.41) is 35.3. The van der Waals surface area contributed by atoms with E-state index in [1.54, 1.807) is 0 Å². The van der Waals surface area contributed by atoms with Gasteiger partial charge in [-0.1, -0.05) is 0 Å². The van der Waals surface area contributed by atoms with Crippen LogP contribution in [-0.2, 0) is 16.6 Å². The summed E-state index contributed by atoms with van der Waals surface area (Å²) in [5.74, 6) is 0.0537. The average molecular weight is 281 g/mol. The third-order valence-corrected chi connectivity index (χ3v) is 3.77. The fourth-order valence-corrected chi connectivity index (χ4v) is 2.50. The molecule has 0 unspecified atom stereocenters. The summed E-state index contributed by atoms with van der Waals surface area (Å²) < 4.78 is 30.5. The Morgan fingerprint density at radius 3 is 2.06 bits per heavy atom. The molecule has 0 aliphatic rings. The van der Waals surface area contributed by atoms with Crippen LogP contribution in [0, 0.1) is 0 Å². The van der Waals surface area contributed by atoms with Crippen molar-refractivity contribution in [2.45, 2.75) is 17.2 Å². The topological polar surface area (TPSA) is 140 Å². The lowest BCUT2D eigenvalue weighted by Gasteiger charge is -2.27. The Kier molecular flexibility index (Phi) is 4.85. The number of furan rings is 1. The summed E-state index contributed by atoms with van der Waals surface area (Å²) in [7, 11) is -4.15. The molecule has 1 aromatic rings. The Labute approximate surface area is 104 Å². The number of rotatable bonds is 7. The van der Waals surface area contributed by atoms with E-state index >= 15 is 0 Å². The number of sulfonamides is 1. The molecule has 0 aliphatic carbocycles. The van der Waals surface area contributed by atoms with Crippen molar-refractivity contribution in [2.24, 2.45) is 0 Å². The molecular weight excluding hydrogens is 266 g/mol. The van der Waals surface area contributed by atoms with E-state index in [1.807, 2.05) is 4.72 Å². The molecule has 0 aromatic carbocycles. The molecular formula is C9H15NO7S. The van der Waals surface area contributed by atoms with Crippen molar-refractivity contribution < 1.29 is 33.3 Å². The van der Waals surface area contributed by atoms with Gasteiger partial charge in [-0.3, -0.25) is 0 Å². The van der Waals surface area contributed by atoms with E-state index in [-0.39, 0.29) is 5.76 Å². The van der Waals surface area contributed by atoms with E-state index in [1.165, 1.54) is 6.07 Å². The van der Waals surface area contributed by atoms with Crippen molar-refractivity contribution in [2.75, 3.05) is 19.8 Å². The minimum Gasteiger partial charge on any atom is -0.446 e. The van der Waals surface area contributed by atoms with Gasteiger partial charge >= 0.3 is 0 Å². The standard InChI is InChI=1S/C9H15NO7S/c11-3-7-1-2-8(17-7)18(15,16)10-9(4-12,5-13)6-14/h1-2,10-14H,3-6H2. The van der Waals surface area contributed by atoms with Crippen LogP contribution >= 0.6 is 0 Å². The van der Waals surface area contributed by atoms with Gasteiger partial charge in [0, 0.05) is 0 Å². The van der Waals surface area contributed by atoms with E-state index in [0.717, 1.165) is 6.07 Å². The van der Waals surface area contributed by atoms with Gasteiger partial charge in [0.15, 0.2) is 0 Å². The minimum absolute atomic E-state index is 0.0537. The lowest BCUT2D eigenvalue weighted by molar-refractivity contribution is 0.0578. The van der Waals surface area contributed by atoms with E-state index < -0.39 is 47.1 Å². The lowest BCUT2D eigenvalue weighted by Crippen LogP contribution is -2.56. The second-order valence-electron chi connectivity index (χ2n) is 3.74. The molecule has 0 atom stereocenters. The first kappa shape index (κ1) is 15.1. The van der Waals surface area contributed by atoms with E-state index in [4.69, 9.17) is 24.8 Å². The zero-order chi connectivity index (χ0) is 13.8. The number of aliphatic hydroxyl groups excluding tert-OH is 4. The van der Waals surface area contributed by atoms with Gasteiger partial charge in [-0.25, -0.2) is 8.42 Å². The fourth-order valence-electron chi connectivity index (χ4n) is 1.17. The molecule has 1 aromatic heterocycles. The second kappa shape index (κ2) is 5.78. The predicted molar refractivity (Wildman–Crippen MR) is 58.9 cm³/mol. The predicted octanol–water partition coefficient (Wildman–Crippen LogP) is -2.23. The molecule has 0 radical (unpaired) electrons. The van der Waals surface area contributed by atoms with E-state index in [9.17, 15) is 8.42 Å². The zero-order valence-electron chi connectivity index (χ0n) is 9.40. The van der Waals surface area contributed by atoms with Gasteiger partial charge in [0.2, 0.25) is 5.09 Å². The van der Waals surface area contributed by atoms with Crippen LogP contribution in [-0.4, -0.2) is 54.2 Å². The largest absolute Gasteiger partial charge is 0.446 e. The summed E-state index contributed by atoms with van der Waals surface area (Å²) >= 11 is 0. The lowest BCUT2D eigenvalue weighted by atomic mass is 10.1. The van der Waals surface area contributed by atoms with Gasteiger partial charge in [0.1, 0.15) is 17.9 Å². The maximum absolute atomic E-state index is 11.8. The van der Waals surface area contributed by atoms with Gasteiger partial charge in [0.05, 0.1) is 19.8 Å². The first-order chi connectivity index (χ1) is 8.43. The quantitative estimate of drug-likeness (QED) is 0.381. The Morgan fingerprint density at radius 1 is 1.11 bits per heavy atom. The number of aliphatic hydroxyl groups is 4. The van der Waals surface area contributed by atoms with Crippen molar-refractivity contribution in [3.8, 4) is 0 Å². The van der Waals surface area contributed by atoms with Crippen LogP contribution in [0.1, 0.15) is 5.76 Å². The highest BCUT2D eigenvalue weighted by Gasteiger charge is 2.35. The first-order valence-electron chi connectivity index (χ1n) is 4.99. The summed E-state index contributed by atoms with van der Waals surface area (Å²) in [5.41, 5.74) is -1.77. The Bertz CT molecular complexity index is 469. The Hall–Kier alpha value is -0.970. The average Bonchev–Trinajstić information content (AvgIpc) is 2.85. The summed E-state index contributed by atoms with van der Waals surface area (Å²) in [6.07, 6.45) is 0. The van der Waals surface area contributed by atoms with Gasteiger partial charge in [-0.2, -0.15) is 4.72 Å². The second-order valence-corrected chi connectivity index (χ2v) is 5.35. The molecule has 18 heavy (non-hydrogen) atoms. The van der Waals surface area contributed by atoms with Crippen molar-refractivity contribution in [3.63, 3.8) is 0 Å². The van der Waals surface area contributed by atoms with Gasteiger partial charge in [-0.05, 0) is 12.1 Å². The normalized spacial score (nSPS) is 12.9. The van der Waals surface area contributed by atoms with Crippen molar-refractivity contribution in [1.82, 2.24) is 4.72 Å². The monoisotopic (exact) mass is 281 g/mol. The molecule has 0 fully saturated rings. The molecule has 0 aliphatic heterocycles. The first-order valence-corrected chi connectivity index (χ1v) is 6.47. The summed E-state index contributed by atoms with van der Waals surface area (Å²) in [4.78, 5) is 0. The van der Waals surface area contributed by atoms with Crippen molar-refractivity contribution >= 4 is 10.0 Å². The SMILES string of the molecule is O=S(=O)(NC(CO)(CO)CO)c1ccc(CO)o1. The van der Waals surface area contributed by atoms with Crippen LogP contribution in [0.15, 0.2) is 21.6 Å². The number of nitrogens with one attached hydrogen (secondary N) is 1. The molecule has 8 nitrogen and oxygen atoms in total. The molecule has 0 amide bonds. The third-order valence-electron chi connectivity index (χ3n) is 2.32. The van der Waals surface area contributed by atoms with Crippen LogP contribution in [0.4, 0.5) is 0 Å². The van der Waals surface area contributed by atoms with E-state index in [0.29, 0.717) is 0 Å². The van der Waals surface area contributed by atoms with Crippen LogP contribution in [0.3, 0.4) is 0 Å². The smallest absolute Gasteiger partial charge is 0.274 e. The molecule has 1 heterocycles. The van der Waals surface area contributed by atoms with Crippen LogP contribution < -0.4 is 4.72 Å². The zero-order valence-corrected chi connectivity index (χ0v) is 10.2. The van der Waals surface area contributed by atoms with Gasteiger partial charge < -0.3 is 24.8 Å². The van der Waals surface area contributed by atoms with Gasteiger partial charge in [0.25, 0.3) is 10.0 Å². The molecule has 1 rings (SSSR count). The Balaban J connectivity index is 3.00. The van der Waals surface area contributed by atoms with Crippen LogP contribution in [0.25, 0.3) is 0 Å².